The Bertz CT molecular complexity index is 744. The van der Waals surface area contributed by atoms with Gasteiger partial charge in [0.25, 0.3) is 5.91 Å². The van der Waals surface area contributed by atoms with Crippen molar-refractivity contribution in [1.29, 1.82) is 5.26 Å². The zero-order valence-electron chi connectivity index (χ0n) is 12.1. The van der Waals surface area contributed by atoms with Crippen LogP contribution in [-0.4, -0.2) is 26.0 Å². The van der Waals surface area contributed by atoms with Gasteiger partial charge in [0.05, 0.1) is 18.0 Å². The minimum Gasteiger partial charge on any atom is -0.333 e. The lowest BCUT2D eigenvalue weighted by molar-refractivity contribution is 0.0906. The molecule has 1 aliphatic rings. The molecular formula is C15H17N5O. The van der Waals surface area contributed by atoms with Crippen molar-refractivity contribution in [1.82, 2.24) is 19.9 Å². The van der Waals surface area contributed by atoms with Gasteiger partial charge in [0.1, 0.15) is 11.1 Å². The number of nitrogens with zero attached hydrogens (tertiary/aromatic N) is 4. The first-order valence-corrected chi connectivity index (χ1v) is 7.06. The third kappa shape index (κ3) is 2.15. The highest BCUT2D eigenvalue weighted by atomic mass is 16.1. The number of hydrogen-bond donors (Lipinski definition) is 1. The molecule has 1 saturated carbocycles. The first-order chi connectivity index (χ1) is 10.1. The van der Waals surface area contributed by atoms with Crippen molar-refractivity contribution in [3.8, 4) is 6.07 Å². The maximum atomic E-state index is 12.4. The first-order valence-electron chi connectivity index (χ1n) is 7.06. The molecule has 108 valence electrons. The van der Waals surface area contributed by atoms with Gasteiger partial charge in [0.2, 0.25) is 0 Å². The minimum absolute atomic E-state index is 0.165. The van der Waals surface area contributed by atoms with Gasteiger partial charge in [-0.2, -0.15) is 5.26 Å². The van der Waals surface area contributed by atoms with Crippen LogP contribution in [0.4, 0.5) is 0 Å². The number of carbonyl (C=O) groups excluding carboxylic acids is 1. The van der Waals surface area contributed by atoms with Crippen molar-refractivity contribution in [3.05, 3.63) is 24.2 Å². The highest BCUT2D eigenvalue weighted by Gasteiger charge is 2.42. The van der Waals surface area contributed by atoms with E-state index in [1.54, 1.807) is 17.0 Å². The van der Waals surface area contributed by atoms with E-state index in [0.717, 1.165) is 18.5 Å². The number of fused-ring (bicyclic) bond motifs is 1. The predicted molar refractivity (Wildman–Crippen MR) is 77.3 cm³/mol. The molecule has 1 fully saturated rings. The second-order valence-electron chi connectivity index (χ2n) is 5.75. The number of rotatable bonds is 2. The Morgan fingerprint density at radius 2 is 2.38 bits per heavy atom. The summed E-state index contributed by atoms with van der Waals surface area (Å²) in [6, 6.07) is 4.01. The summed E-state index contributed by atoms with van der Waals surface area (Å²) in [4.78, 5) is 20.9. The van der Waals surface area contributed by atoms with Crippen molar-refractivity contribution < 1.29 is 4.79 Å². The van der Waals surface area contributed by atoms with Crippen molar-refractivity contribution >= 4 is 17.1 Å². The van der Waals surface area contributed by atoms with E-state index in [-0.39, 0.29) is 11.8 Å². The topological polar surface area (TPSA) is 83.6 Å². The molecule has 2 atom stereocenters. The Hall–Kier alpha value is -2.42. The van der Waals surface area contributed by atoms with Crippen molar-refractivity contribution in [2.24, 2.45) is 13.0 Å². The van der Waals surface area contributed by atoms with E-state index >= 15 is 0 Å². The number of pyridine rings is 1. The molecule has 0 unspecified atom stereocenters. The SMILES string of the molecule is C[C@@H]1CCC[C@]1(C#N)NC(=O)c1cnc2c(c1)ncn2C. The molecule has 0 spiro atoms. The molecule has 0 aliphatic heterocycles. The monoisotopic (exact) mass is 283 g/mol. The Morgan fingerprint density at radius 3 is 3.05 bits per heavy atom. The lowest BCUT2D eigenvalue weighted by atomic mass is 9.89. The average molecular weight is 283 g/mol. The van der Waals surface area contributed by atoms with E-state index in [4.69, 9.17) is 0 Å². The minimum atomic E-state index is -0.754. The lowest BCUT2D eigenvalue weighted by Crippen LogP contribution is -2.49. The van der Waals surface area contributed by atoms with Gasteiger partial charge >= 0.3 is 0 Å². The van der Waals surface area contributed by atoms with Crippen LogP contribution in [0.25, 0.3) is 11.2 Å². The largest absolute Gasteiger partial charge is 0.333 e. The highest BCUT2D eigenvalue weighted by Crippen LogP contribution is 2.35. The Kier molecular flexibility index (Phi) is 3.13. The molecular weight excluding hydrogens is 266 g/mol. The van der Waals surface area contributed by atoms with E-state index in [9.17, 15) is 10.1 Å². The number of imidazole rings is 1. The van der Waals surface area contributed by atoms with Crippen LogP contribution in [-0.2, 0) is 7.05 Å². The van der Waals surface area contributed by atoms with Gasteiger partial charge in [-0.15, -0.1) is 0 Å². The van der Waals surface area contributed by atoms with E-state index in [0.29, 0.717) is 17.5 Å². The van der Waals surface area contributed by atoms with Crippen LogP contribution in [0.5, 0.6) is 0 Å². The average Bonchev–Trinajstić information content (AvgIpc) is 3.03. The van der Waals surface area contributed by atoms with Gasteiger partial charge in [0.15, 0.2) is 5.65 Å². The summed E-state index contributed by atoms with van der Waals surface area (Å²) in [5.41, 5.74) is 1.09. The number of aryl methyl sites for hydroxylation is 1. The molecule has 2 aromatic rings. The lowest BCUT2D eigenvalue weighted by Gasteiger charge is -2.27. The number of aromatic nitrogens is 3. The molecule has 1 N–H and O–H groups in total. The number of nitriles is 1. The summed E-state index contributed by atoms with van der Waals surface area (Å²) in [6.07, 6.45) is 5.83. The summed E-state index contributed by atoms with van der Waals surface area (Å²) in [5.74, 6) is -0.0941. The second kappa shape index (κ2) is 4.85. The van der Waals surface area contributed by atoms with Gasteiger partial charge in [-0.05, 0) is 31.2 Å². The Labute approximate surface area is 122 Å². The summed E-state index contributed by atoms with van der Waals surface area (Å²) >= 11 is 0. The van der Waals surface area contributed by atoms with E-state index in [1.807, 2.05) is 14.0 Å². The van der Waals surface area contributed by atoms with Gasteiger partial charge in [-0.25, -0.2) is 9.97 Å². The zero-order chi connectivity index (χ0) is 15.0. The molecule has 6 heteroatoms. The zero-order valence-corrected chi connectivity index (χ0v) is 12.1. The summed E-state index contributed by atoms with van der Waals surface area (Å²) in [7, 11) is 1.85. The van der Waals surface area contributed by atoms with Crippen LogP contribution in [0, 0.1) is 17.2 Å². The van der Waals surface area contributed by atoms with Crippen molar-refractivity contribution in [3.63, 3.8) is 0 Å². The quantitative estimate of drug-likeness (QED) is 0.910. The van der Waals surface area contributed by atoms with Gasteiger partial charge in [-0.1, -0.05) is 6.92 Å². The summed E-state index contributed by atoms with van der Waals surface area (Å²) < 4.78 is 1.80. The number of nitrogens with one attached hydrogen (secondary N) is 1. The Morgan fingerprint density at radius 1 is 1.57 bits per heavy atom. The summed E-state index contributed by atoms with van der Waals surface area (Å²) in [5, 5.41) is 12.4. The maximum Gasteiger partial charge on any atom is 0.254 e. The number of carbonyl (C=O) groups is 1. The van der Waals surface area contributed by atoms with Gasteiger partial charge in [0, 0.05) is 13.2 Å². The van der Waals surface area contributed by atoms with E-state index in [2.05, 4.69) is 21.4 Å². The van der Waals surface area contributed by atoms with E-state index in [1.165, 1.54) is 6.20 Å². The fraction of sp³-hybridized carbons (Fsp3) is 0.467. The Balaban J connectivity index is 1.88. The molecule has 0 aromatic carbocycles. The normalized spacial score (nSPS) is 24.9. The van der Waals surface area contributed by atoms with Crippen LogP contribution >= 0.6 is 0 Å². The van der Waals surface area contributed by atoms with Crippen LogP contribution in [0.15, 0.2) is 18.6 Å². The third-order valence-corrected chi connectivity index (χ3v) is 4.40. The van der Waals surface area contributed by atoms with Gasteiger partial charge < -0.3 is 9.88 Å². The third-order valence-electron chi connectivity index (χ3n) is 4.40. The first kappa shape index (κ1) is 13.6. The molecule has 1 aliphatic carbocycles. The van der Waals surface area contributed by atoms with Crippen LogP contribution in [0.1, 0.15) is 36.5 Å². The number of hydrogen-bond acceptors (Lipinski definition) is 4. The molecule has 1 amide bonds. The number of amides is 1. The molecule has 0 bridgehead atoms. The molecule has 2 aromatic heterocycles. The van der Waals surface area contributed by atoms with Crippen molar-refractivity contribution in [2.45, 2.75) is 31.7 Å². The molecule has 0 saturated heterocycles. The van der Waals surface area contributed by atoms with Crippen LogP contribution in [0.3, 0.4) is 0 Å². The van der Waals surface area contributed by atoms with Crippen LogP contribution < -0.4 is 5.32 Å². The smallest absolute Gasteiger partial charge is 0.254 e. The second-order valence-corrected chi connectivity index (χ2v) is 5.75. The predicted octanol–water partition coefficient (Wildman–Crippen LogP) is 1.78. The molecule has 21 heavy (non-hydrogen) atoms. The maximum absolute atomic E-state index is 12.4. The molecule has 0 radical (unpaired) electrons. The van der Waals surface area contributed by atoms with E-state index < -0.39 is 5.54 Å². The summed E-state index contributed by atoms with van der Waals surface area (Å²) in [6.45, 7) is 2.01. The fourth-order valence-electron chi connectivity index (χ4n) is 2.97. The van der Waals surface area contributed by atoms with Crippen molar-refractivity contribution in [2.75, 3.05) is 0 Å². The fourth-order valence-corrected chi connectivity index (χ4v) is 2.97. The van der Waals surface area contributed by atoms with Crippen LogP contribution in [0.2, 0.25) is 0 Å². The standard InChI is InChI=1S/C15H17N5O/c1-10-4-3-5-15(10,8-16)19-14(21)11-6-12-13(17-7-11)20(2)9-18-12/h6-7,9-10H,3-5H2,1-2H3,(H,19,21)/t10-,15-/m1/s1. The molecule has 2 heterocycles. The highest BCUT2D eigenvalue weighted by molar-refractivity contribution is 5.97. The molecule has 3 rings (SSSR count). The van der Waals surface area contributed by atoms with Gasteiger partial charge in [-0.3, -0.25) is 4.79 Å². The molecule has 6 nitrogen and oxygen atoms in total.